The van der Waals surface area contributed by atoms with E-state index in [1.165, 1.54) is 17.1 Å². The van der Waals surface area contributed by atoms with Gasteiger partial charge in [-0.1, -0.05) is 27.7 Å². The van der Waals surface area contributed by atoms with Crippen molar-refractivity contribution in [3.63, 3.8) is 0 Å². The van der Waals surface area contributed by atoms with Crippen molar-refractivity contribution in [1.82, 2.24) is 24.8 Å². The van der Waals surface area contributed by atoms with Crippen LogP contribution in [0.15, 0.2) is 12.5 Å². The first-order chi connectivity index (χ1) is 14.6. The molecule has 2 aromatic rings. The minimum Gasteiger partial charge on any atom is -0.370 e. The normalized spacial score (nSPS) is 19.8. The Labute approximate surface area is 180 Å². The summed E-state index contributed by atoms with van der Waals surface area (Å²) in [5, 5.41) is 6.99. The Morgan fingerprint density at radius 2 is 2.00 bits per heavy atom. The third kappa shape index (κ3) is 4.46. The Morgan fingerprint density at radius 3 is 2.73 bits per heavy atom. The molecule has 164 valence electrons. The van der Waals surface area contributed by atoms with Crippen molar-refractivity contribution < 1.29 is 0 Å². The van der Waals surface area contributed by atoms with Crippen molar-refractivity contribution in [2.45, 2.75) is 77.8 Å². The number of aromatic nitrogens is 4. The fourth-order valence-electron chi connectivity index (χ4n) is 4.77. The molecule has 2 aliphatic rings. The largest absolute Gasteiger partial charge is 0.370 e. The molecule has 0 aliphatic carbocycles. The Balaban J connectivity index is 1.46. The lowest BCUT2D eigenvalue weighted by Gasteiger charge is -2.35. The summed E-state index contributed by atoms with van der Waals surface area (Å²) in [5.41, 5.74) is 2.51. The van der Waals surface area contributed by atoms with Gasteiger partial charge >= 0.3 is 0 Å². The van der Waals surface area contributed by atoms with E-state index in [2.05, 4.69) is 59.0 Å². The molecule has 1 saturated heterocycles. The van der Waals surface area contributed by atoms with E-state index in [-0.39, 0.29) is 0 Å². The molecule has 0 aromatic carbocycles. The highest BCUT2D eigenvalue weighted by atomic mass is 15.2. The molecule has 4 heterocycles. The smallest absolute Gasteiger partial charge is 0.137 e. The molecule has 1 atom stereocenters. The lowest BCUT2D eigenvalue weighted by atomic mass is 9.92. The first-order valence-corrected chi connectivity index (χ1v) is 11.7. The SMILES string of the molecule is CCc1cn(CCNC(C)C)c(C2CCN(c3ncnc4c3C(C)CCN4)CC2)n1. The standard InChI is InChI=1S/C23H37N7/c1-5-19-14-30(13-10-24-16(2)3)22(28-19)18-7-11-29(12-8-18)23-20-17(4)6-9-25-21(20)26-15-27-23/h14-18,24H,5-13H2,1-4H3,(H,25,26,27). The number of nitrogens with one attached hydrogen (secondary N) is 2. The molecule has 0 bridgehead atoms. The molecule has 4 rings (SSSR count). The van der Waals surface area contributed by atoms with Crippen LogP contribution in [0.25, 0.3) is 0 Å². The molecule has 2 aromatic heterocycles. The lowest BCUT2D eigenvalue weighted by molar-refractivity contribution is 0.452. The zero-order valence-corrected chi connectivity index (χ0v) is 19.0. The molecular weight excluding hydrogens is 374 g/mol. The monoisotopic (exact) mass is 411 g/mol. The summed E-state index contributed by atoms with van der Waals surface area (Å²) in [6.45, 7) is 13.9. The zero-order valence-electron chi connectivity index (χ0n) is 19.0. The summed E-state index contributed by atoms with van der Waals surface area (Å²) in [4.78, 5) is 16.7. The van der Waals surface area contributed by atoms with Gasteiger partial charge in [-0.25, -0.2) is 15.0 Å². The summed E-state index contributed by atoms with van der Waals surface area (Å²) in [7, 11) is 0. The number of fused-ring (bicyclic) bond motifs is 1. The van der Waals surface area contributed by atoms with Crippen LogP contribution >= 0.6 is 0 Å². The molecule has 0 spiro atoms. The van der Waals surface area contributed by atoms with Crippen molar-refractivity contribution in [3.8, 4) is 0 Å². The summed E-state index contributed by atoms with van der Waals surface area (Å²) >= 11 is 0. The van der Waals surface area contributed by atoms with Crippen LogP contribution in [0.2, 0.25) is 0 Å². The van der Waals surface area contributed by atoms with Gasteiger partial charge in [0.1, 0.15) is 23.8 Å². The van der Waals surface area contributed by atoms with Crippen LogP contribution in [0.3, 0.4) is 0 Å². The number of rotatable bonds is 7. The number of hydrogen-bond donors (Lipinski definition) is 2. The number of nitrogens with zero attached hydrogens (tertiary/aromatic N) is 5. The summed E-state index contributed by atoms with van der Waals surface area (Å²) in [5.74, 6) is 4.47. The van der Waals surface area contributed by atoms with Gasteiger partial charge in [0.05, 0.1) is 5.69 Å². The first kappa shape index (κ1) is 21.1. The third-order valence-electron chi connectivity index (χ3n) is 6.51. The number of imidazole rings is 1. The maximum atomic E-state index is 5.01. The third-order valence-corrected chi connectivity index (χ3v) is 6.51. The van der Waals surface area contributed by atoms with Crippen LogP contribution in [-0.4, -0.2) is 51.7 Å². The van der Waals surface area contributed by atoms with Gasteiger partial charge in [-0.2, -0.15) is 0 Å². The molecule has 0 amide bonds. The summed E-state index contributed by atoms with van der Waals surface area (Å²) in [6, 6.07) is 0.515. The fraction of sp³-hybridized carbons (Fsp3) is 0.696. The zero-order chi connectivity index (χ0) is 21.1. The number of piperidine rings is 1. The predicted octanol–water partition coefficient (Wildman–Crippen LogP) is 3.54. The predicted molar refractivity (Wildman–Crippen MR) is 122 cm³/mol. The maximum absolute atomic E-state index is 5.01. The van der Waals surface area contributed by atoms with Crippen LogP contribution < -0.4 is 15.5 Å². The molecule has 7 nitrogen and oxygen atoms in total. The van der Waals surface area contributed by atoms with Gasteiger partial charge in [-0.15, -0.1) is 0 Å². The van der Waals surface area contributed by atoms with E-state index >= 15 is 0 Å². The second-order valence-corrected chi connectivity index (χ2v) is 9.08. The van der Waals surface area contributed by atoms with E-state index in [4.69, 9.17) is 9.97 Å². The minimum absolute atomic E-state index is 0.509. The topological polar surface area (TPSA) is 70.9 Å². The number of aryl methyl sites for hydroxylation is 1. The fourth-order valence-corrected chi connectivity index (χ4v) is 4.77. The van der Waals surface area contributed by atoms with Gasteiger partial charge in [0.15, 0.2) is 0 Å². The molecule has 2 N–H and O–H groups in total. The average Bonchev–Trinajstić information content (AvgIpc) is 3.17. The number of hydrogen-bond acceptors (Lipinski definition) is 6. The minimum atomic E-state index is 0.509. The van der Waals surface area contributed by atoms with E-state index in [0.29, 0.717) is 17.9 Å². The van der Waals surface area contributed by atoms with Crippen molar-refractivity contribution in [2.75, 3.05) is 36.4 Å². The lowest BCUT2D eigenvalue weighted by Crippen LogP contribution is -2.36. The van der Waals surface area contributed by atoms with Gasteiger partial charge < -0.3 is 20.1 Å². The second-order valence-electron chi connectivity index (χ2n) is 9.08. The highest BCUT2D eigenvalue weighted by Gasteiger charge is 2.29. The van der Waals surface area contributed by atoms with E-state index in [0.717, 1.165) is 70.0 Å². The van der Waals surface area contributed by atoms with Gasteiger partial charge in [0, 0.05) is 56.4 Å². The van der Waals surface area contributed by atoms with Crippen molar-refractivity contribution in [2.24, 2.45) is 0 Å². The van der Waals surface area contributed by atoms with Gasteiger partial charge in [-0.05, 0) is 31.6 Å². The Morgan fingerprint density at radius 1 is 1.20 bits per heavy atom. The van der Waals surface area contributed by atoms with Crippen LogP contribution in [0.1, 0.15) is 75.9 Å². The van der Waals surface area contributed by atoms with Crippen LogP contribution in [0.5, 0.6) is 0 Å². The van der Waals surface area contributed by atoms with Crippen molar-refractivity contribution >= 4 is 11.6 Å². The average molecular weight is 412 g/mol. The van der Waals surface area contributed by atoms with E-state index in [1.807, 2.05) is 0 Å². The molecule has 1 unspecified atom stereocenters. The highest BCUT2D eigenvalue weighted by Crippen LogP contribution is 2.38. The van der Waals surface area contributed by atoms with Gasteiger partial charge in [0.25, 0.3) is 0 Å². The second kappa shape index (κ2) is 9.33. The van der Waals surface area contributed by atoms with Crippen LogP contribution in [0, 0.1) is 0 Å². The molecular formula is C23H37N7. The molecule has 2 aliphatic heterocycles. The molecule has 1 fully saturated rings. The quantitative estimate of drug-likeness (QED) is 0.726. The highest BCUT2D eigenvalue weighted by molar-refractivity contribution is 5.62. The number of anilines is 2. The van der Waals surface area contributed by atoms with E-state index in [9.17, 15) is 0 Å². The van der Waals surface area contributed by atoms with E-state index in [1.54, 1.807) is 6.33 Å². The van der Waals surface area contributed by atoms with Crippen molar-refractivity contribution in [1.29, 1.82) is 0 Å². The van der Waals surface area contributed by atoms with Gasteiger partial charge in [0.2, 0.25) is 0 Å². The molecule has 0 saturated carbocycles. The van der Waals surface area contributed by atoms with Crippen LogP contribution in [-0.2, 0) is 13.0 Å². The molecule has 0 radical (unpaired) electrons. The van der Waals surface area contributed by atoms with Crippen molar-refractivity contribution in [3.05, 3.63) is 29.6 Å². The summed E-state index contributed by atoms with van der Waals surface area (Å²) in [6.07, 6.45) is 8.36. The molecule has 7 heteroatoms. The Hall–Kier alpha value is -2.15. The Bertz CT molecular complexity index is 836. The first-order valence-electron chi connectivity index (χ1n) is 11.7. The van der Waals surface area contributed by atoms with E-state index < -0.39 is 0 Å². The summed E-state index contributed by atoms with van der Waals surface area (Å²) < 4.78 is 2.40. The molecule has 30 heavy (non-hydrogen) atoms. The van der Waals surface area contributed by atoms with Crippen LogP contribution in [0.4, 0.5) is 11.6 Å². The Kier molecular flexibility index (Phi) is 6.56. The maximum Gasteiger partial charge on any atom is 0.137 e. The van der Waals surface area contributed by atoms with Gasteiger partial charge in [-0.3, -0.25) is 0 Å².